The van der Waals surface area contributed by atoms with Gasteiger partial charge in [-0.3, -0.25) is 19.4 Å². The fourth-order valence-electron chi connectivity index (χ4n) is 4.71. The number of benzene rings is 3. The molecule has 1 aliphatic heterocycles. The molecule has 202 valence electrons. The molecular weight excluding hydrogens is 513 g/mol. The average Bonchev–Trinajstić information content (AvgIpc) is 3.72. The van der Waals surface area contributed by atoms with Gasteiger partial charge in [0.25, 0.3) is 5.91 Å². The first-order valence-electron chi connectivity index (χ1n) is 13.0. The second-order valence-corrected chi connectivity index (χ2v) is 10.0. The van der Waals surface area contributed by atoms with Gasteiger partial charge >= 0.3 is 0 Å². The number of pyridine rings is 1. The first-order chi connectivity index (χ1) is 19.3. The summed E-state index contributed by atoms with van der Waals surface area (Å²) < 4.78 is 19.3. The van der Waals surface area contributed by atoms with Gasteiger partial charge in [-0.05, 0) is 86.0 Å². The van der Waals surface area contributed by atoms with Crippen molar-refractivity contribution < 1.29 is 23.5 Å². The summed E-state index contributed by atoms with van der Waals surface area (Å²) in [5.41, 5.74) is 7.33. The summed E-state index contributed by atoms with van der Waals surface area (Å²) in [5.74, 6) is -0.736. The van der Waals surface area contributed by atoms with Gasteiger partial charge in [0.1, 0.15) is 22.7 Å². The molecule has 1 saturated carbocycles. The highest BCUT2D eigenvalue weighted by Crippen LogP contribution is 2.47. The van der Waals surface area contributed by atoms with E-state index >= 15 is 0 Å². The number of nitrogens with two attached hydrogens (primary N) is 1. The van der Waals surface area contributed by atoms with Crippen LogP contribution in [0.5, 0.6) is 11.5 Å². The number of carbonyl (C=O) groups is 3. The molecule has 1 aliphatic carbocycles. The number of aromatic nitrogens is 1. The number of nitrogens with zero attached hydrogens (tertiary/aromatic N) is 2. The predicted molar refractivity (Wildman–Crippen MR) is 149 cm³/mol. The average molecular weight is 540 g/mol. The highest BCUT2D eigenvalue weighted by atomic mass is 19.1. The Hall–Kier alpha value is -4.99. The Morgan fingerprint density at radius 3 is 2.08 bits per heavy atom. The van der Waals surface area contributed by atoms with Gasteiger partial charge < -0.3 is 26.0 Å². The van der Waals surface area contributed by atoms with E-state index in [0.29, 0.717) is 52.2 Å². The summed E-state index contributed by atoms with van der Waals surface area (Å²) >= 11 is 0. The number of nitrogens with one attached hydrogen (secondary N) is 2. The lowest BCUT2D eigenvalue weighted by molar-refractivity contribution is -0.131. The molecule has 6 rings (SSSR count). The second kappa shape index (κ2) is 9.96. The Bertz CT molecular complexity index is 1630. The SMILES string of the molecule is NC(=O)c1cc2c(Oc3ccc(NC(=O)C4(C(=O)Nc5ccc(F)cc5)CC4)cc3)ccnc2cc1N1CCC1. The standard InChI is InChI=1S/C30H26FN5O4/c31-18-2-4-19(5-3-18)34-28(38)30(11-12-30)29(39)35-20-6-8-21(9-7-20)40-26-10-13-33-24-17-25(36-14-1-15-36)23(27(32)37)16-22(24)26/h2-10,13,16-17H,1,11-12,14-15H2,(H2,32,37)(H,34,38)(H,35,39). The number of primary amides is 1. The van der Waals surface area contributed by atoms with Crippen molar-refractivity contribution in [3.05, 3.63) is 84.3 Å². The van der Waals surface area contributed by atoms with E-state index in [4.69, 9.17) is 10.5 Å². The van der Waals surface area contributed by atoms with Crippen molar-refractivity contribution in [2.24, 2.45) is 11.1 Å². The Balaban J connectivity index is 1.16. The normalized spacial score (nSPS) is 15.2. The number of fused-ring (bicyclic) bond motifs is 1. The molecule has 9 nitrogen and oxygen atoms in total. The van der Waals surface area contributed by atoms with Crippen LogP contribution in [0.15, 0.2) is 72.9 Å². The summed E-state index contributed by atoms with van der Waals surface area (Å²) in [6.07, 6.45) is 3.56. The molecule has 2 heterocycles. The molecule has 4 aromatic rings. The molecule has 1 aromatic heterocycles. The van der Waals surface area contributed by atoms with Gasteiger partial charge in [0.05, 0.1) is 16.8 Å². The summed E-state index contributed by atoms with van der Waals surface area (Å²) in [5, 5.41) is 6.15. The Labute approximate surface area is 229 Å². The molecule has 0 atom stereocenters. The maximum absolute atomic E-state index is 13.2. The monoisotopic (exact) mass is 539 g/mol. The van der Waals surface area contributed by atoms with Crippen molar-refractivity contribution in [2.75, 3.05) is 28.6 Å². The smallest absolute Gasteiger partial charge is 0.250 e. The summed E-state index contributed by atoms with van der Waals surface area (Å²) in [7, 11) is 0. The number of hydrogen-bond acceptors (Lipinski definition) is 6. The van der Waals surface area contributed by atoms with Gasteiger partial charge in [0, 0.05) is 36.0 Å². The first kappa shape index (κ1) is 25.3. The molecule has 0 bridgehead atoms. The maximum Gasteiger partial charge on any atom is 0.250 e. The summed E-state index contributed by atoms with van der Waals surface area (Å²) in [6, 6.07) is 17.4. The maximum atomic E-state index is 13.2. The third kappa shape index (κ3) is 4.79. The minimum absolute atomic E-state index is 0.405. The van der Waals surface area contributed by atoms with Crippen molar-refractivity contribution in [1.29, 1.82) is 0 Å². The summed E-state index contributed by atoms with van der Waals surface area (Å²) in [6.45, 7) is 1.73. The van der Waals surface area contributed by atoms with Crippen LogP contribution in [0.2, 0.25) is 0 Å². The highest BCUT2D eigenvalue weighted by molar-refractivity contribution is 6.17. The Kier molecular flexibility index (Phi) is 6.30. The van der Waals surface area contributed by atoms with E-state index in [0.717, 1.165) is 25.2 Å². The fourth-order valence-corrected chi connectivity index (χ4v) is 4.71. The Morgan fingerprint density at radius 2 is 1.52 bits per heavy atom. The van der Waals surface area contributed by atoms with E-state index < -0.39 is 29.0 Å². The highest BCUT2D eigenvalue weighted by Gasteiger charge is 2.56. The van der Waals surface area contributed by atoms with Gasteiger partial charge in [0.15, 0.2) is 0 Å². The second-order valence-electron chi connectivity index (χ2n) is 10.0. The van der Waals surface area contributed by atoms with E-state index in [1.807, 2.05) is 6.07 Å². The number of ether oxygens (including phenoxy) is 1. The van der Waals surface area contributed by atoms with Crippen LogP contribution in [-0.2, 0) is 9.59 Å². The zero-order chi connectivity index (χ0) is 27.9. The molecule has 1 saturated heterocycles. The lowest BCUT2D eigenvalue weighted by Gasteiger charge is -2.34. The lowest BCUT2D eigenvalue weighted by atomic mass is 10.0. The van der Waals surface area contributed by atoms with Gasteiger partial charge in [-0.2, -0.15) is 0 Å². The molecular formula is C30H26FN5O4. The quantitative estimate of drug-likeness (QED) is 0.275. The first-order valence-corrected chi connectivity index (χ1v) is 13.0. The van der Waals surface area contributed by atoms with Crippen molar-refractivity contribution >= 4 is 45.7 Å². The molecule has 3 aromatic carbocycles. The number of rotatable bonds is 8. The number of halogens is 1. The number of hydrogen-bond donors (Lipinski definition) is 3. The molecule has 0 spiro atoms. The van der Waals surface area contributed by atoms with Gasteiger partial charge in [-0.15, -0.1) is 0 Å². The van der Waals surface area contributed by atoms with Crippen LogP contribution >= 0.6 is 0 Å². The number of anilines is 3. The number of carbonyl (C=O) groups excluding carboxylic acids is 3. The van der Waals surface area contributed by atoms with Gasteiger partial charge in [-0.25, -0.2) is 4.39 Å². The molecule has 0 unspecified atom stereocenters. The van der Waals surface area contributed by atoms with Crippen molar-refractivity contribution in [1.82, 2.24) is 4.98 Å². The largest absolute Gasteiger partial charge is 0.457 e. The van der Waals surface area contributed by atoms with Crippen LogP contribution in [-0.4, -0.2) is 35.8 Å². The van der Waals surface area contributed by atoms with Crippen molar-refractivity contribution in [3.8, 4) is 11.5 Å². The Morgan fingerprint density at radius 1 is 0.900 bits per heavy atom. The molecule has 2 fully saturated rings. The molecule has 2 aliphatic rings. The minimum atomic E-state index is -1.16. The summed E-state index contributed by atoms with van der Waals surface area (Å²) in [4.78, 5) is 44.5. The molecule has 3 amide bonds. The van der Waals surface area contributed by atoms with Crippen LogP contribution in [0, 0.1) is 11.2 Å². The van der Waals surface area contributed by atoms with Gasteiger partial charge in [-0.1, -0.05) is 0 Å². The van der Waals surface area contributed by atoms with Gasteiger partial charge in [0.2, 0.25) is 11.8 Å². The van der Waals surface area contributed by atoms with Crippen LogP contribution in [0.3, 0.4) is 0 Å². The minimum Gasteiger partial charge on any atom is -0.457 e. The van der Waals surface area contributed by atoms with Crippen LogP contribution in [0.25, 0.3) is 10.9 Å². The molecule has 4 N–H and O–H groups in total. The lowest BCUT2D eigenvalue weighted by Crippen LogP contribution is -2.38. The van der Waals surface area contributed by atoms with Crippen molar-refractivity contribution in [2.45, 2.75) is 19.3 Å². The molecule has 0 radical (unpaired) electrons. The number of amides is 3. The van der Waals surface area contributed by atoms with E-state index in [-0.39, 0.29) is 0 Å². The zero-order valence-electron chi connectivity index (χ0n) is 21.4. The van der Waals surface area contributed by atoms with Crippen LogP contribution < -0.4 is 26.0 Å². The van der Waals surface area contributed by atoms with E-state index in [9.17, 15) is 18.8 Å². The predicted octanol–water partition coefficient (Wildman–Crippen LogP) is 4.83. The van der Waals surface area contributed by atoms with Crippen LogP contribution in [0.4, 0.5) is 21.5 Å². The third-order valence-electron chi connectivity index (χ3n) is 7.34. The van der Waals surface area contributed by atoms with E-state index in [2.05, 4.69) is 20.5 Å². The third-order valence-corrected chi connectivity index (χ3v) is 7.34. The van der Waals surface area contributed by atoms with Crippen molar-refractivity contribution in [3.63, 3.8) is 0 Å². The fraction of sp³-hybridized carbons (Fsp3) is 0.200. The zero-order valence-corrected chi connectivity index (χ0v) is 21.4. The van der Waals surface area contributed by atoms with E-state index in [1.165, 1.54) is 24.3 Å². The molecule has 10 heteroatoms. The molecule has 40 heavy (non-hydrogen) atoms. The van der Waals surface area contributed by atoms with Crippen LogP contribution in [0.1, 0.15) is 29.6 Å². The topological polar surface area (TPSA) is 127 Å². The van der Waals surface area contributed by atoms with E-state index in [1.54, 1.807) is 42.6 Å².